The summed E-state index contributed by atoms with van der Waals surface area (Å²) in [7, 11) is 0. The molecule has 1 saturated heterocycles. The van der Waals surface area contributed by atoms with E-state index in [0.29, 0.717) is 16.6 Å². The van der Waals surface area contributed by atoms with Crippen LogP contribution in [0.5, 0.6) is 0 Å². The molecule has 5 nitrogen and oxygen atoms in total. The summed E-state index contributed by atoms with van der Waals surface area (Å²) in [6.07, 6.45) is 2.78. The van der Waals surface area contributed by atoms with Crippen molar-refractivity contribution >= 4 is 23.0 Å². The third-order valence-electron chi connectivity index (χ3n) is 3.53. The Labute approximate surface area is 116 Å². The Bertz CT molecular complexity index is 465. The number of halogens is 1. The van der Waals surface area contributed by atoms with E-state index in [1.165, 1.54) is 6.07 Å². The van der Waals surface area contributed by atoms with Crippen LogP contribution in [0.1, 0.15) is 19.3 Å². The Morgan fingerprint density at radius 3 is 3.00 bits per heavy atom. The van der Waals surface area contributed by atoms with E-state index >= 15 is 0 Å². The predicted octanol–water partition coefficient (Wildman–Crippen LogP) is 2.85. The normalized spacial score (nSPS) is 19.5. The molecule has 2 rings (SSSR count). The number of anilines is 1. The first-order valence-electron chi connectivity index (χ1n) is 6.41. The standard InChI is InChI=1S/C13H17ClN2O3/c14-11-3-4-12(16(18)19)13(8-11)15-6-1-2-10(9-15)5-7-17/h3-4,8,10,17H,1-2,5-7,9H2. The Morgan fingerprint density at radius 2 is 2.32 bits per heavy atom. The molecule has 1 fully saturated rings. The van der Waals surface area contributed by atoms with E-state index in [1.54, 1.807) is 12.1 Å². The Kier molecular flexibility index (Phi) is 4.61. The minimum absolute atomic E-state index is 0.0917. The van der Waals surface area contributed by atoms with Gasteiger partial charge in [-0.15, -0.1) is 0 Å². The second-order valence-corrected chi connectivity index (χ2v) is 5.29. The van der Waals surface area contributed by atoms with Crippen molar-refractivity contribution in [2.45, 2.75) is 19.3 Å². The number of aliphatic hydroxyl groups is 1. The molecule has 1 aliphatic rings. The molecule has 1 unspecified atom stereocenters. The second-order valence-electron chi connectivity index (χ2n) is 4.86. The molecular formula is C13H17ClN2O3. The third-order valence-corrected chi connectivity index (χ3v) is 3.77. The van der Waals surface area contributed by atoms with Crippen LogP contribution in [0.15, 0.2) is 18.2 Å². The highest BCUT2D eigenvalue weighted by Crippen LogP contribution is 2.34. The number of benzene rings is 1. The second kappa shape index (κ2) is 6.21. The molecule has 19 heavy (non-hydrogen) atoms. The Hall–Kier alpha value is -1.33. The molecule has 1 heterocycles. The van der Waals surface area contributed by atoms with Crippen LogP contribution < -0.4 is 4.90 Å². The smallest absolute Gasteiger partial charge is 0.292 e. The van der Waals surface area contributed by atoms with Gasteiger partial charge in [-0.05, 0) is 37.3 Å². The molecule has 6 heteroatoms. The van der Waals surface area contributed by atoms with Gasteiger partial charge >= 0.3 is 0 Å². The zero-order valence-electron chi connectivity index (χ0n) is 10.6. The number of hydrogen-bond acceptors (Lipinski definition) is 4. The van der Waals surface area contributed by atoms with Gasteiger partial charge in [-0.3, -0.25) is 10.1 Å². The molecule has 0 saturated carbocycles. The molecule has 0 amide bonds. The maximum atomic E-state index is 11.1. The van der Waals surface area contributed by atoms with Crippen molar-refractivity contribution in [1.82, 2.24) is 0 Å². The van der Waals surface area contributed by atoms with Gasteiger partial charge in [0.15, 0.2) is 0 Å². The number of hydrogen-bond donors (Lipinski definition) is 1. The average Bonchev–Trinajstić information content (AvgIpc) is 2.39. The van der Waals surface area contributed by atoms with Crippen molar-refractivity contribution in [3.05, 3.63) is 33.3 Å². The SMILES string of the molecule is O=[N+]([O-])c1ccc(Cl)cc1N1CCCC(CCO)C1. The van der Waals surface area contributed by atoms with Crippen LogP contribution >= 0.6 is 11.6 Å². The maximum absolute atomic E-state index is 11.1. The summed E-state index contributed by atoms with van der Waals surface area (Å²) < 4.78 is 0. The first-order valence-corrected chi connectivity index (χ1v) is 6.79. The van der Waals surface area contributed by atoms with Gasteiger partial charge in [0.2, 0.25) is 0 Å². The van der Waals surface area contributed by atoms with Crippen LogP contribution in [0.25, 0.3) is 0 Å². The van der Waals surface area contributed by atoms with Crippen LogP contribution in [0, 0.1) is 16.0 Å². The number of rotatable bonds is 4. The highest BCUT2D eigenvalue weighted by molar-refractivity contribution is 6.31. The zero-order chi connectivity index (χ0) is 13.8. The molecule has 0 spiro atoms. The lowest BCUT2D eigenvalue weighted by Crippen LogP contribution is -2.36. The summed E-state index contributed by atoms with van der Waals surface area (Å²) >= 11 is 5.95. The van der Waals surface area contributed by atoms with E-state index in [-0.39, 0.29) is 17.2 Å². The molecule has 0 bridgehead atoms. The third kappa shape index (κ3) is 3.36. The van der Waals surface area contributed by atoms with Crippen molar-refractivity contribution in [1.29, 1.82) is 0 Å². The number of nitro benzene ring substituents is 1. The molecule has 1 atom stereocenters. The van der Waals surface area contributed by atoms with Crippen molar-refractivity contribution in [2.75, 3.05) is 24.6 Å². The highest BCUT2D eigenvalue weighted by atomic mass is 35.5. The van der Waals surface area contributed by atoms with Gasteiger partial charge in [-0.25, -0.2) is 0 Å². The Balaban J connectivity index is 2.24. The van der Waals surface area contributed by atoms with Crippen LogP contribution in [0.3, 0.4) is 0 Å². The monoisotopic (exact) mass is 284 g/mol. The minimum Gasteiger partial charge on any atom is -0.396 e. The molecule has 0 aromatic heterocycles. The topological polar surface area (TPSA) is 66.6 Å². The van der Waals surface area contributed by atoms with Crippen molar-refractivity contribution in [2.24, 2.45) is 5.92 Å². The molecule has 1 N–H and O–H groups in total. The number of aliphatic hydroxyl groups excluding tert-OH is 1. The fourth-order valence-corrected chi connectivity index (χ4v) is 2.77. The van der Waals surface area contributed by atoms with Gasteiger partial charge in [0.1, 0.15) is 5.69 Å². The molecule has 0 radical (unpaired) electrons. The molecule has 1 aromatic carbocycles. The largest absolute Gasteiger partial charge is 0.396 e. The molecule has 104 valence electrons. The summed E-state index contributed by atoms with van der Waals surface area (Å²) in [5, 5.41) is 20.6. The van der Waals surface area contributed by atoms with E-state index < -0.39 is 0 Å². The van der Waals surface area contributed by atoms with Crippen molar-refractivity contribution in [3.63, 3.8) is 0 Å². The number of nitrogens with zero attached hydrogens (tertiary/aromatic N) is 2. The van der Waals surface area contributed by atoms with Gasteiger partial charge in [-0.2, -0.15) is 0 Å². The first kappa shape index (κ1) is 14.1. The minimum atomic E-state index is -0.374. The predicted molar refractivity (Wildman–Crippen MR) is 74.7 cm³/mol. The van der Waals surface area contributed by atoms with E-state index in [0.717, 1.165) is 32.4 Å². The molecular weight excluding hydrogens is 268 g/mol. The van der Waals surface area contributed by atoms with Gasteiger partial charge in [0.05, 0.1) is 4.92 Å². The highest BCUT2D eigenvalue weighted by Gasteiger charge is 2.25. The van der Waals surface area contributed by atoms with E-state index in [2.05, 4.69) is 0 Å². The molecule has 1 aliphatic heterocycles. The van der Waals surface area contributed by atoms with E-state index in [9.17, 15) is 10.1 Å². The average molecular weight is 285 g/mol. The zero-order valence-corrected chi connectivity index (χ0v) is 11.3. The lowest BCUT2D eigenvalue weighted by Gasteiger charge is -2.34. The van der Waals surface area contributed by atoms with Gasteiger partial charge < -0.3 is 10.0 Å². The lowest BCUT2D eigenvalue weighted by molar-refractivity contribution is -0.384. The van der Waals surface area contributed by atoms with Gasteiger partial charge in [-0.1, -0.05) is 11.6 Å². The van der Waals surface area contributed by atoms with Crippen molar-refractivity contribution in [3.8, 4) is 0 Å². The number of nitro groups is 1. The fourth-order valence-electron chi connectivity index (χ4n) is 2.61. The summed E-state index contributed by atoms with van der Waals surface area (Å²) in [5.41, 5.74) is 0.675. The van der Waals surface area contributed by atoms with E-state index in [1.807, 2.05) is 4.90 Å². The van der Waals surface area contributed by atoms with E-state index in [4.69, 9.17) is 16.7 Å². The maximum Gasteiger partial charge on any atom is 0.292 e. The summed E-state index contributed by atoms with van der Waals surface area (Å²) in [6.45, 7) is 1.70. The van der Waals surface area contributed by atoms with Gasteiger partial charge in [0.25, 0.3) is 5.69 Å². The summed E-state index contributed by atoms with van der Waals surface area (Å²) in [4.78, 5) is 12.7. The summed E-state index contributed by atoms with van der Waals surface area (Å²) in [5.74, 6) is 0.386. The molecule has 1 aromatic rings. The van der Waals surface area contributed by atoms with Crippen molar-refractivity contribution < 1.29 is 10.0 Å². The van der Waals surface area contributed by atoms with Crippen LogP contribution in [-0.2, 0) is 0 Å². The Morgan fingerprint density at radius 1 is 1.53 bits per heavy atom. The fraction of sp³-hybridized carbons (Fsp3) is 0.538. The molecule has 0 aliphatic carbocycles. The van der Waals surface area contributed by atoms with Crippen LogP contribution in [0.2, 0.25) is 5.02 Å². The lowest BCUT2D eigenvalue weighted by atomic mass is 9.94. The summed E-state index contributed by atoms with van der Waals surface area (Å²) in [6, 6.07) is 4.65. The van der Waals surface area contributed by atoms with Gasteiger partial charge in [0, 0.05) is 30.8 Å². The number of piperidine rings is 1. The van der Waals surface area contributed by atoms with Crippen LogP contribution in [-0.4, -0.2) is 29.7 Å². The van der Waals surface area contributed by atoms with Crippen LogP contribution in [0.4, 0.5) is 11.4 Å². The first-order chi connectivity index (χ1) is 9.11. The quantitative estimate of drug-likeness (QED) is 0.682.